The summed E-state index contributed by atoms with van der Waals surface area (Å²) in [6, 6.07) is 1.64. The fourth-order valence-corrected chi connectivity index (χ4v) is 2.82. The summed E-state index contributed by atoms with van der Waals surface area (Å²) in [5.41, 5.74) is 0. The molecule has 1 aliphatic rings. The Balaban J connectivity index is 1.92. The van der Waals surface area contributed by atoms with Gasteiger partial charge in [0.15, 0.2) is 0 Å². The highest BCUT2D eigenvalue weighted by atomic mass is 79.9. The van der Waals surface area contributed by atoms with E-state index in [0.717, 1.165) is 12.4 Å². The van der Waals surface area contributed by atoms with Gasteiger partial charge in [0.2, 0.25) is 5.76 Å². The number of halogens is 1. The highest BCUT2D eigenvalue weighted by molar-refractivity contribution is 9.10. The number of aryl methyl sites for hydroxylation is 1. The number of nitrogens with one attached hydrogen (secondary N) is 1. The zero-order valence-electron chi connectivity index (χ0n) is 11.0. The number of carbonyl (C=O) groups excluding carboxylic acids is 1. The van der Waals surface area contributed by atoms with Crippen LogP contribution >= 0.6 is 15.9 Å². The number of rotatable bonds is 2. The van der Waals surface area contributed by atoms with Gasteiger partial charge in [0.05, 0.1) is 10.7 Å². The van der Waals surface area contributed by atoms with E-state index in [1.54, 1.807) is 12.3 Å². The molecule has 0 saturated carbocycles. The number of imidazole rings is 1. The Hall–Kier alpha value is -1.60. The fourth-order valence-electron chi connectivity index (χ4n) is 2.45. The second-order valence-electron chi connectivity index (χ2n) is 4.71. The molecule has 6 nitrogen and oxygen atoms in total. The third-order valence-corrected chi connectivity index (χ3v) is 4.10. The molecule has 0 radical (unpaired) electrons. The molecule has 7 heteroatoms. The van der Waals surface area contributed by atoms with Gasteiger partial charge in [-0.1, -0.05) is 0 Å². The first-order valence-electron chi connectivity index (χ1n) is 6.40. The summed E-state index contributed by atoms with van der Waals surface area (Å²) in [5.74, 6) is 1.09. The maximum absolute atomic E-state index is 12.6. The van der Waals surface area contributed by atoms with Crippen molar-refractivity contribution in [3.8, 4) is 0 Å². The van der Waals surface area contributed by atoms with Crippen molar-refractivity contribution in [2.75, 3.05) is 19.6 Å². The zero-order chi connectivity index (χ0) is 14.1. The van der Waals surface area contributed by atoms with E-state index >= 15 is 0 Å². The summed E-state index contributed by atoms with van der Waals surface area (Å²) in [6.45, 7) is 2.09. The Labute approximate surface area is 124 Å². The Kier molecular flexibility index (Phi) is 3.62. The molecule has 2 aromatic heterocycles. The molecule has 1 aliphatic heterocycles. The molecule has 1 atom stereocenters. The van der Waals surface area contributed by atoms with Crippen LogP contribution in [0, 0.1) is 0 Å². The standard InChI is InChI=1S/C13H15BrN4O2/c1-17-5-4-16-12(17)10-8-15-3-6-18(10)13(19)11-9(14)2-7-20-11/h2,4-5,7,10,15H,3,6,8H2,1H3. The van der Waals surface area contributed by atoms with E-state index < -0.39 is 0 Å². The quantitative estimate of drug-likeness (QED) is 0.902. The number of nitrogens with zero attached hydrogens (tertiary/aromatic N) is 3. The van der Waals surface area contributed by atoms with Crippen molar-refractivity contribution in [3.63, 3.8) is 0 Å². The lowest BCUT2D eigenvalue weighted by atomic mass is 10.1. The normalized spacial score (nSPS) is 19.3. The van der Waals surface area contributed by atoms with Crippen molar-refractivity contribution in [2.45, 2.75) is 6.04 Å². The fraction of sp³-hybridized carbons (Fsp3) is 0.385. The number of carbonyl (C=O) groups is 1. The predicted molar refractivity (Wildman–Crippen MR) is 76.3 cm³/mol. The van der Waals surface area contributed by atoms with E-state index in [2.05, 4.69) is 26.2 Å². The first-order valence-corrected chi connectivity index (χ1v) is 7.19. The van der Waals surface area contributed by atoms with Gasteiger partial charge in [0.1, 0.15) is 11.9 Å². The monoisotopic (exact) mass is 338 g/mol. The van der Waals surface area contributed by atoms with Gasteiger partial charge in [-0.2, -0.15) is 0 Å². The molecule has 1 saturated heterocycles. The summed E-state index contributed by atoms with van der Waals surface area (Å²) in [4.78, 5) is 18.8. The second-order valence-corrected chi connectivity index (χ2v) is 5.57. The Morgan fingerprint density at radius 3 is 3.10 bits per heavy atom. The molecule has 2 aromatic rings. The third-order valence-electron chi connectivity index (χ3n) is 3.47. The lowest BCUT2D eigenvalue weighted by molar-refractivity contribution is 0.0587. The van der Waals surface area contributed by atoms with Crippen molar-refractivity contribution >= 4 is 21.8 Å². The molecular weight excluding hydrogens is 324 g/mol. The first-order chi connectivity index (χ1) is 9.68. The van der Waals surface area contributed by atoms with Crippen molar-refractivity contribution in [1.29, 1.82) is 0 Å². The minimum Gasteiger partial charge on any atom is -0.458 e. The topological polar surface area (TPSA) is 63.3 Å². The molecule has 106 valence electrons. The van der Waals surface area contributed by atoms with E-state index in [0.29, 0.717) is 23.3 Å². The molecule has 0 aromatic carbocycles. The third kappa shape index (κ3) is 2.27. The van der Waals surface area contributed by atoms with Crippen LogP contribution in [0.25, 0.3) is 0 Å². The van der Waals surface area contributed by atoms with Gasteiger partial charge < -0.3 is 19.2 Å². The Morgan fingerprint density at radius 2 is 2.45 bits per heavy atom. The number of hydrogen-bond acceptors (Lipinski definition) is 4. The van der Waals surface area contributed by atoms with E-state index in [4.69, 9.17) is 4.42 Å². The number of furan rings is 1. The zero-order valence-corrected chi connectivity index (χ0v) is 12.6. The van der Waals surface area contributed by atoms with Crippen LogP contribution in [-0.4, -0.2) is 40.0 Å². The van der Waals surface area contributed by atoms with Crippen LogP contribution in [0.3, 0.4) is 0 Å². The largest absolute Gasteiger partial charge is 0.458 e. The van der Waals surface area contributed by atoms with Crippen molar-refractivity contribution in [3.05, 3.63) is 40.8 Å². The van der Waals surface area contributed by atoms with E-state index in [-0.39, 0.29) is 11.9 Å². The maximum atomic E-state index is 12.6. The molecule has 0 bridgehead atoms. The highest BCUT2D eigenvalue weighted by Crippen LogP contribution is 2.26. The van der Waals surface area contributed by atoms with Gasteiger partial charge >= 0.3 is 0 Å². The lowest BCUT2D eigenvalue weighted by Crippen LogP contribution is -2.49. The average Bonchev–Trinajstić information content (AvgIpc) is 3.06. The van der Waals surface area contributed by atoms with Crippen LogP contribution in [0.2, 0.25) is 0 Å². The summed E-state index contributed by atoms with van der Waals surface area (Å²) in [7, 11) is 1.93. The number of hydrogen-bond donors (Lipinski definition) is 1. The number of piperazine rings is 1. The van der Waals surface area contributed by atoms with Gasteiger partial charge in [-0.15, -0.1) is 0 Å². The van der Waals surface area contributed by atoms with E-state index in [1.807, 2.05) is 22.7 Å². The Bertz CT molecular complexity index is 621. The smallest absolute Gasteiger partial charge is 0.291 e. The summed E-state index contributed by atoms with van der Waals surface area (Å²) in [5, 5.41) is 3.31. The first kappa shape index (κ1) is 13.4. The van der Waals surface area contributed by atoms with E-state index in [9.17, 15) is 4.79 Å². The van der Waals surface area contributed by atoms with Crippen LogP contribution < -0.4 is 5.32 Å². The molecule has 1 N–H and O–H groups in total. The van der Waals surface area contributed by atoms with Crippen molar-refractivity contribution in [2.24, 2.45) is 7.05 Å². The lowest BCUT2D eigenvalue weighted by Gasteiger charge is -2.35. The van der Waals surface area contributed by atoms with Crippen molar-refractivity contribution in [1.82, 2.24) is 19.8 Å². The molecule has 1 unspecified atom stereocenters. The molecule has 3 rings (SSSR count). The molecular formula is C13H15BrN4O2. The molecule has 1 fully saturated rings. The van der Waals surface area contributed by atoms with Crippen LogP contribution in [0.1, 0.15) is 22.4 Å². The maximum Gasteiger partial charge on any atom is 0.291 e. The highest BCUT2D eigenvalue weighted by Gasteiger charge is 2.33. The molecule has 1 amide bonds. The predicted octanol–water partition coefficient (Wildman–Crippen LogP) is 1.56. The average molecular weight is 339 g/mol. The summed E-state index contributed by atoms with van der Waals surface area (Å²) >= 11 is 3.34. The molecule has 3 heterocycles. The summed E-state index contributed by atoms with van der Waals surface area (Å²) < 4.78 is 7.91. The minimum atomic E-state index is -0.114. The minimum absolute atomic E-state index is 0.0896. The van der Waals surface area contributed by atoms with E-state index in [1.165, 1.54) is 6.26 Å². The van der Waals surface area contributed by atoms with Crippen LogP contribution in [-0.2, 0) is 7.05 Å². The van der Waals surface area contributed by atoms with Gasteiger partial charge in [0, 0.05) is 39.1 Å². The van der Waals surface area contributed by atoms with Crippen LogP contribution in [0.15, 0.2) is 33.6 Å². The van der Waals surface area contributed by atoms with Gasteiger partial charge in [0.25, 0.3) is 5.91 Å². The SMILES string of the molecule is Cn1ccnc1C1CNCCN1C(=O)c1occc1Br. The van der Waals surface area contributed by atoms with Crippen molar-refractivity contribution < 1.29 is 9.21 Å². The Morgan fingerprint density at radius 1 is 1.60 bits per heavy atom. The molecule has 0 aliphatic carbocycles. The van der Waals surface area contributed by atoms with Gasteiger partial charge in [-0.3, -0.25) is 4.79 Å². The number of amides is 1. The van der Waals surface area contributed by atoms with Crippen LogP contribution in [0.5, 0.6) is 0 Å². The van der Waals surface area contributed by atoms with Gasteiger partial charge in [-0.05, 0) is 22.0 Å². The van der Waals surface area contributed by atoms with Gasteiger partial charge in [-0.25, -0.2) is 4.98 Å². The van der Waals surface area contributed by atoms with Crippen LogP contribution in [0.4, 0.5) is 0 Å². The number of aromatic nitrogens is 2. The molecule has 20 heavy (non-hydrogen) atoms. The second kappa shape index (κ2) is 5.41. The summed E-state index contributed by atoms with van der Waals surface area (Å²) in [6.07, 6.45) is 5.14. The molecule has 0 spiro atoms.